The molecule has 9 heteroatoms. The van der Waals surface area contributed by atoms with Gasteiger partial charge >= 0.3 is 0 Å². The number of benzene rings is 1. The van der Waals surface area contributed by atoms with Gasteiger partial charge in [-0.3, -0.25) is 9.59 Å². The van der Waals surface area contributed by atoms with Crippen LogP contribution < -0.4 is 11.2 Å². The Kier molecular flexibility index (Phi) is 7.13. The van der Waals surface area contributed by atoms with Gasteiger partial charge in [0, 0.05) is 18.7 Å². The van der Waals surface area contributed by atoms with Gasteiger partial charge in [-0.1, -0.05) is 48.7 Å². The van der Waals surface area contributed by atoms with E-state index in [2.05, 4.69) is 15.5 Å². The Bertz CT molecular complexity index is 845. The molecule has 1 fully saturated rings. The van der Waals surface area contributed by atoms with Crippen LogP contribution in [0.4, 0.5) is 5.69 Å². The molecule has 156 valence electrons. The second-order valence-corrected chi connectivity index (χ2v) is 8.44. The number of nitrogen functional groups attached to an aromatic ring is 1. The molecule has 0 radical (unpaired) electrons. The third-order valence-electron chi connectivity index (χ3n) is 5.13. The Morgan fingerprint density at radius 3 is 2.59 bits per heavy atom. The summed E-state index contributed by atoms with van der Waals surface area (Å²) in [5.74, 6) is 7.04. The lowest BCUT2D eigenvalue weighted by atomic mass is 9.89. The van der Waals surface area contributed by atoms with Gasteiger partial charge in [-0.25, -0.2) is 4.68 Å². The third kappa shape index (κ3) is 5.72. The number of nitrogens with two attached hydrogens (primary N) is 1. The van der Waals surface area contributed by atoms with Crippen molar-refractivity contribution in [2.75, 3.05) is 30.5 Å². The number of nitrogens with one attached hydrogen (secondary N) is 1. The van der Waals surface area contributed by atoms with E-state index in [1.807, 2.05) is 31.2 Å². The van der Waals surface area contributed by atoms with Gasteiger partial charge in [0.25, 0.3) is 0 Å². The first-order valence-electron chi connectivity index (χ1n) is 9.87. The number of carbonyl (C=O) groups excluding carboxylic acids is 2. The van der Waals surface area contributed by atoms with Gasteiger partial charge in [-0.15, -0.1) is 10.2 Å². The van der Waals surface area contributed by atoms with Crippen molar-refractivity contribution in [3.63, 3.8) is 0 Å². The highest BCUT2D eigenvalue weighted by Gasteiger charge is 2.23. The molecule has 2 amide bonds. The van der Waals surface area contributed by atoms with Crippen molar-refractivity contribution in [1.82, 2.24) is 19.8 Å². The average molecular weight is 417 g/mol. The molecule has 29 heavy (non-hydrogen) atoms. The number of hydrogen-bond donors (Lipinski definition) is 2. The molecule has 2 aromatic rings. The summed E-state index contributed by atoms with van der Waals surface area (Å²) in [7, 11) is 1.61. The van der Waals surface area contributed by atoms with E-state index in [-0.39, 0.29) is 24.1 Å². The number of nitrogens with zero attached hydrogens (tertiary/aromatic N) is 4. The first-order chi connectivity index (χ1) is 13.9. The predicted octanol–water partition coefficient (Wildman–Crippen LogP) is 2.54. The smallest absolute Gasteiger partial charge is 0.243 e. The van der Waals surface area contributed by atoms with Crippen molar-refractivity contribution in [3.8, 4) is 0 Å². The lowest BCUT2D eigenvalue weighted by molar-refractivity contribution is -0.131. The lowest BCUT2D eigenvalue weighted by Gasteiger charge is -2.20. The standard InChI is InChI=1S/C20H28N6O2S/c1-14-8-10-16(11-9-14)22-17(27)12-25(2)18(28)13-29-20-24-23-19(26(20)21)15-6-4-3-5-7-15/h8-11,15H,3-7,12-13,21H2,1-2H3,(H,22,27). The topological polar surface area (TPSA) is 106 Å². The largest absolute Gasteiger partial charge is 0.336 e. The van der Waals surface area contributed by atoms with Gasteiger partial charge in [-0.2, -0.15) is 0 Å². The molecule has 1 aromatic carbocycles. The number of anilines is 1. The molecule has 0 atom stereocenters. The van der Waals surface area contributed by atoms with E-state index in [4.69, 9.17) is 5.84 Å². The molecule has 0 saturated heterocycles. The average Bonchev–Trinajstić information content (AvgIpc) is 3.08. The normalized spacial score (nSPS) is 14.6. The van der Waals surface area contributed by atoms with Crippen molar-refractivity contribution >= 4 is 29.3 Å². The van der Waals surface area contributed by atoms with Crippen LogP contribution in [0.25, 0.3) is 0 Å². The Morgan fingerprint density at radius 1 is 1.21 bits per heavy atom. The summed E-state index contributed by atoms with van der Waals surface area (Å²) in [6.07, 6.45) is 5.80. The van der Waals surface area contributed by atoms with Gasteiger partial charge < -0.3 is 16.1 Å². The fourth-order valence-corrected chi connectivity index (χ4v) is 4.21. The second-order valence-electron chi connectivity index (χ2n) is 7.50. The number of hydrogen-bond acceptors (Lipinski definition) is 6. The molecule has 1 heterocycles. The van der Waals surface area contributed by atoms with Gasteiger partial charge in [-0.05, 0) is 31.9 Å². The fraction of sp³-hybridized carbons (Fsp3) is 0.500. The van der Waals surface area contributed by atoms with Crippen molar-refractivity contribution in [2.24, 2.45) is 0 Å². The molecule has 1 aliphatic carbocycles. The summed E-state index contributed by atoms with van der Waals surface area (Å²) < 4.78 is 1.51. The minimum Gasteiger partial charge on any atom is -0.336 e. The molecule has 0 bridgehead atoms. The molecule has 0 unspecified atom stereocenters. The van der Waals surface area contributed by atoms with Crippen LogP contribution in [0.2, 0.25) is 0 Å². The highest BCUT2D eigenvalue weighted by atomic mass is 32.2. The molecule has 1 aliphatic rings. The highest BCUT2D eigenvalue weighted by molar-refractivity contribution is 7.99. The highest BCUT2D eigenvalue weighted by Crippen LogP contribution is 2.32. The van der Waals surface area contributed by atoms with E-state index in [0.717, 1.165) is 24.2 Å². The molecular weight excluding hydrogens is 388 g/mol. The lowest BCUT2D eigenvalue weighted by Crippen LogP contribution is -2.36. The summed E-state index contributed by atoms with van der Waals surface area (Å²) in [6.45, 7) is 1.96. The van der Waals surface area contributed by atoms with Crippen LogP contribution in [0.3, 0.4) is 0 Å². The number of aryl methyl sites for hydroxylation is 1. The van der Waals surface area contributed by atoms with E-state index in [0.29, 0.717) is 16.8 Å². The van der Waals surface area contributed by atoms with Crippen LogP contribution >= 0.6 is 11.8 Å². The number of amides is 2. The zero-order valence-electron chi connectivity index (χ0n) is 16.9. The quantitative estimate of drug-likeness (QED) is 0.531. The maximum absolute atomic E-state index is 12.4. The zero-order chi connectivity index (χ0) is 20.8. The molecule has 3 N–H and O–H groups in total. The van der Waals surface area contributed by atoms with Crippen LogP contribution in [0, 0.1) is 6.92 Å². The van der Waals surface area contributed by atoms with E-state index in [1.54, 1.807) is 7.05 Å². The van der Waals surface area contributed by atoms with Crippen molar-refractivity contribution in [1.29, 1.82) is 0 Å². The van der Waals surface area contributed by atoms with E-state index < -0.39 is 0 Å². The number of likely N-dealkylation sites (N-methyl/N-ethyl adjacent to an activating group) is 1. The van der Waals surface area contributed by atoms with E-state index in [9.17, 15) is 9.59 Å². The molecule has 8 nitrogen and oxygen atoms in total. The Morgan fingerprint density at radius 2 is 1.90 bits per heavy atom. The van der Waals surface area contributed by atoms with E-state index >= 15 is 0 Å². The van der Waals surface area contributed by atoms with Crippen LogP contribution in [0.5, 0.6) is 0 Å². The molecule has 1 aromatic heterocycles. The van der Waals surface area contributed by atoms with Gasteiger partial charge in [0.2, 0.25) is 17.0 Å². The number of carbonyl (C=O) groups is 2. The first-order valence-corrected chi connectivity index (χ1v) is 10.9. The number of rotatable bonds is 7. The van der Waals surface area contributed by atoms with Crippen LogP contribution in [-0.4, -0.2) is 50.9 Å². The number of thioether (sulfide) groups is 1. The maximum atomic E-state index is 12.4. The summed E-state index contributed by atoms with van der Waals surface area (Å²) in [5, 5.41) is 11.7. The fourth-order valence-electron chi connectivity index (χ4n) is 3.40. The van der Waals surface area contributed by atoms with Crippen LogP contribution in [0.15, 0.2) is 29.4 Å². The van der Waals surface area contributed by atoms with Gasteiger partial charge in [0.15, 0.2) is 5.82 Å². The number of aromatic nitrogens is 3. The molecule has 1 saturated carbocycles. The van der Waals surface area contributed by atoms with Crippen molar-refractivity contribution in [3.05, 3.63) is 35.7 Å². The summed E-state index contributed by atoms with van der Waals surface area (Å²) in [5.41, 5.74) is 1.83. The van der Waals surface area contributed by atoms with Gasteiger partial charge in [0.05, 0.1) is 12.3 Å². The minimum absolute atomic E-state index is 0.0179. The second kappa shape index (κ2) is 9.78. The molecule has 0 aliphatic heterocycles. The third-order valence-corrected chi connectivity index (χ3v) is 6.06. The van der Waals surface area contributed by atoms with Crippen molar-refractivity contribution < 1.29 is 9.59 Å². The predicted molar refractivity (Wildman–Crippen MR) is 114 cm³/mol. The van der Waals surface area contributed by atoms with Crippen LogP contribution in [0.1, 0.15) is 49.4 Å². The first kappa shape index (κ1) is 21.2. The summed E-state index contributed by atoms with van der Waals surface area (Å²) in [6, 6.07) is 7.52. The summed E-state index contributed by atoms with van der Waals surface area (Å²) in [4.78, 5) is 26.0. The van der Waals surface area contributed by atoms with Gasteiger partial charge in [0.1, 0.15) is 0 Å². The Labute approximate surface area is 175 Å². The Hall–Kier alpha value is -2.55. The maximum Gasteiger partial charge on any atom is 0.243 e. The van der Waals surface area contributed by atoms with Crippen molar-refractivity contribution in [2.45, 2.75) is 50.1 Å². The molecule has 0 spiro atoms. The van der Waals surface area contributed by atoms with E-state index in [1.165, 1.54) is 40.6 Å². The zero-order valence-corrected chi connectivity index (χ0v) is 17.7. The van der Waals surface area contributed by atoms with Crippen LogP contribution in [-0.2, 0) is 9.59 Å². The SMILES string of the molecule is Cc1ccc(NC(=O)CN(C)C(=O)CSc2nnc(C3CCCCC3)n2N)cc1. The molecule has 3 rings (SSSR count). The Balaban J connectivity index is 1.48. The monoisotopic (exact) mass is 416 g/mol. The molecular formula is C20H28N6O2S. The summed E-state index contributed by atoms with van der Waals surface area (Å²) >= 11 is 1.24. The minimum atomic E-state index is -0.240.